The third kappa shape index (κ3) is 4.98. The molecule has 0 unspecified atom stereocenters. The van der Waals surface area contributed by atoms with E-state index in [1.54, 1.807) is 7.11 Å². The van der Waals surface area contributed by atoms with Crippen LogP contribution in [0, 0.1) is 5.92 Å². The minimum atomic E-state index is -0.340. The molecule has 6 nitrogen and oxygen atoms in total. The standard InChI is InChI=1S/C30H33NO5/c1-20(32)16-21-8-7-15-31(18-21)36-27-17-23-10-4-6-12-25(23)29(30(27)33)28-24-11-5-3-9-22(24)13-14-26(28)35-19-34-2/h3-6,9-14,17,20-21,32-33H,7-8,15-16,18-19H2,1-2H3/t20-,21-/m0/s1. The molecule has 0 spiro atoms. The smallest absolute Gasteiger partial charge is 0.190 e. The Morgan fingerprint density at radius 3 is 2.42 bits per heavy atom. The number of hydrogen-bond acceptors (Lipinski definition) is 6. The first-order valence-electron chi connectivity index (χ1n) is 12.5. The first kappa shape index (κ1) is 24.4. The van der Waals surface area contributed by atoms with Crippen LogP contribution in [0.2, 0.25) is 0 Å². The number of aliphatic hydroxyl groups excluding tert-OH is 1. The predicted molar refractivity (Wildman–Crippen MR) is 142 cm³/mol. The Labute approximate surface area is 211 Å². The average Bonchev–Trinajstić information content (AvgIpc) is 2.88. The van der Waals surface area contributed by atoms with Crippen LogP contribution in [0.1, 0.15) is 26.2 Å². The second-order valence-electron chi connectivity index (χ2n) is 9.60. The van der Waals surface area contributed by atoms with Crippen LogP contribution in [0.5, 0.6) is 17.2 Å². The summed E-state index contributed by atoms with van der Waals surface area (Å²) in [6.45, 7) is 3.41. The van der Waals surface area contributed by atoms with Gasteiger partial charge in [0.05, 0.1) is 6.10 Å². The molecule has 0 aliphatic carbocycles. The van der Waals surface area contributed by atoms with Crippen LogP contribution in [0.4, 0.5) is 0 Å². The Morgan fingerprint density at radius 1 is 0.944 bits per heavy atom. The van der Waals surface area contributed by atoms with Gasteiger partial charge in [0.1, 0.15) is 5.75 Å². The molecule has 5 rings (SSSR count). The van der Waals surface area contributed by atoms with Gasteiger partial charge in [0.2, 0.25) is 0 Å². The van der Waals surface area contributed by atoms with Crippen LogP contribution in [-0.2, 0) is 4.74 Å². The molecule has 1 saturated heterocycles. The highest BCUT2D eigenvalue weighted by Crippen LogP contribution is 2.49. The lowest BCUT2D eigenvalue weighted by atomic mass is 9.92. The molecule has 0 saturated carbocycles. The molecule has 1 aliphatic rings. The number of benzene rings is 4. The van der Waals surface area contributed by atoms with E-state index in [1.165, 1.54) is 0 Å². The Kier molecular flexibility index (Phi) is 7.28. The van der Waals surface area contributed by atoms with Gasteiger partial charge in [0.15, 0.2) is 18.3 Å². The molecule has 4 aromatic rings. The zero-order valence-corrected chi connectivity index (χ0v) is 20.8. The second-order valence-corrected chi connectivity index (χ2v) is 9.60. The van der Waals surface area contributed by atoms with Crippen molar-refractivity contribution in [3.05, 3.63) is 66.7 Å². The third-order valence-electron chi connectivity index (χ3n) is 6.84. The van der Waals surface area contributed by atoms with Crippen molar-refractivity contribution in [1.82, 2.24) is 5.06 Å². The summed E-state index contributed by atoms with van der Waals surface area (Å²) < 4.78 is 11.2. The van der Waals surface area contributed by atoms with Crippen molar-refractivity contribution in [3.8, 4) is 28.4 Å². The third-order valence-corrected chi connectivity index (χ3v) is 6.84. The summed E-state index contributed by atoms with van der Waals surface area (Å²) in [6, 6.07) is 21.9. The van der Waals surface area contributed by atoms with Gasteiger partial charge in [0.25, 0.3) is 0 Å². The van der Waals surface area contributed by atoms with Crippen LogP contribution in [0.3, 0.4) is 0 Å². The summed E-state index contributed by atoms with van der Waals surface area (Å²) in [5.74, 6) is 1.47. The molecule has 4 aromatic carbocycles. The first-order chi connectivity index (χ1) is 17.5. The number of phenolic OH excluding ortho intramolecular Hbond substituents is 1. The molecule has 0 bridgehead atoms. The number of hydrogen-bond donors (Lipinski definition) is 2. The van der Waals surface area contributed by atoms with E-state index in [0.717, 1.165) is 52.9 Å². The summed E-state index contributed by atoms with van der Waals surface area (Å²) >= 11 is 0. The maximum absolute atomic E-state index is 11.7. The maximum atomic E-state index is 11.7. The molecule has 188 valence electrons. The summed E-state index contributed by atoms with van der Waals surface area (Å²) in [6.07, 6.45) is 2.45. The first-order valence-corrected chi connectivity index (χ1v) is 12.5. The molecule has 0 radical (unpaired) electrons. The van der Waals surface area contributed by atoms with Crippen molar-refractivity contribution in [2.45, 2.75) is 32.3 Å². The molecular formula is C30H33NO5. The fraction of sp³-hybridized carbons (Fsp3) is 0.333. The van der Waals surface area contributed by atoms with Crippen molar-refractivity contribution < 1.29 is 24.5 Å². The zero-order chi connectivity index (χ0) is 25.1. The highest BCUT2D eigenvalue weighted by Gasteiger charge is 2.26. The lowest BCUT2D eigenvalue weighted by Gasteiger charge is -2.33. The van der Waals surface area contributed by atoms with E-state index in [-0.39, 0.29) is 18.6 Å². The van der Waals surface area contributed by atoms with E-state index in [0.29, 0.717) is 29.5 Å². The number of aliphatic hydroxyl groups is 1. The monoisotopic (exact) mass is 487 g/mol. The summed E-state index contributed by atoms with van der Waals surface area (Å²) in [7, 11) is 1.59. The second kappa shape index (κ2) is 10.7. The minimum Gasteiger partial charge on any atom is -0.504 e. The summed E-state index contributed by atoms with van der Waals surface area (Å²) in [4.78, 5) is 6.34. The Bertz CT molecular complexity index is 1350. The number of methoxy groups -OCH3 is 1. The van der Waals surface area contributed by atoms with Crippen LogP contribution in [-0.4, -0.2) is 48.4 Å². The molecule has 1 heterocycles. The Balaban J connectivity index is 1.65. The molecule has 0 aromatic heterocycles. The Hall–Kier alpha value is -3.32. The molecule has 36 heavy (non-hydrogen) atoms. The fourth-order valence-corrected chi connectivity index (χ4v) is 5.31. The lowest BCUT2D eigenvalue weighted by molar-refractivity contribution is -0.0927. The largest absolute Gasteiger partial charge is 0.504 e. The highest BCUT2D eigenvalue weighted by atomic mass is 16.7. The molecular weight excluding hydrogens is 454 g/mol. The number of piperidine rings is 1. The number of ether oxygens (including phenoxy) is 2. The number of fused-ring (bicyclic) bond motifs is 2. The SMILES string of the molecule is COCOc1ccc2ccccc2c1-c1c(O)c(ON2CCC[C@@H](C[C@H](C)O)C2)cc2ccccc12. The zero-order valence-electron chi connectivity index (χ0n) is 20.8. The van der Waals surface area contributed by atoms with Crippen LogP contribution < -0.4 is 9.57 Å². The molecule has 1 fully saturated rings. The highest BCUT2D eigenvalue weighted by molar-refractivity contribution is 6.10. The van der Waals surface area contributed by atoms with Crippen molar-refractivity contribution in [1.29, 1.82) is 0 Å². The van der Waals surface area contributed by atoms with Gasteiger partial charge >= 0.3 is 0 Å². The minimum absolute atomic E-state index is 0.0740. The number of hydroxylamine groups is 2. The average molecular weight is 488 g/mol. The quantitative estimate of drug-likeness (QED) is 0.292. The van der Waals surface area contributed by atoms with Gasteiger partial charge in [-0.3, -0.25) is 0 Å². The Morgan fingerprint density at radius 2 is 1.67 bits per heavy atom. The van der Waals surface area contributed by atoms with Gasteiger partial charge in [-0.1, -0.05) is 54.6 Å². The van der Waals surface area contributed by atoms with Crippen molar-refractivity contribution >= 4 is 21.5 Å². The number of phenols is 1. The molecule has 2 atom stereocenters. The van der Waals surface area contributed by atoms with Gasteiger partial charge in [0, 0.05) is 31.3 Å². The van der Waals surface area contributed by atoms with Gasteiger partial charge < -0.3 is 24.5 Å². The molecule has 6 heteroatoms. The normalized spacial score (nSPS) is 17.4. The number of rotatable bonds is 8. The number of nitrogens with zero attached hydrogens (tertiary/aromatic N) is 1. The van der Waals surface area contributed by atoms with Gasteiger partial charge in [-0.15, -0.1) is 5.06 Å². The van der Waals surface area contributed by atoms with E-state index < -0.39 is 0 Å². The van der Waals surface area contributed by atoms with Crippen molar-refractivity contribution in [3.63, 3.8) is 0 Å². The van der Waals surface area contributed by atoms with Gasteiger partial charge in [-0.05, 0) is 65.8 Å². The van der Waals surface area contributed by atoms with E-state index in [1.807, 2.05) is 72.7 Å². The van der Waals surface area contributed by atoms with E-state index in [2.05, 4.69) is 6.07 Å². The van der Waals surface area contributed by atoms with Gasteiger partial charge in [-0.2, -0.15) is 0 Å². The van der Waals surface area contributed by atoms with Gasteiger partial charge in [-0.25, -0.2) is 0 Å². The predicted octanol–water partition coefficient (Wildman–Crippen LogP) is 6.13. The van der Waals surface area contributed by atoms with Crippen LogP contribution in [0.25, 0.3) is 32.7 Å². The topological polar surface area (TPSA) is 71.4 Å². The van der Waals surface area contributed by atoms with Crippen molar-refractivity contribution in [2.75, 3.05) is 27.0 Å². The van der Waals surface area contributed by atoms with Crippen LogP contribution >= 0.6 is 0 Å². The van der Waals surface area contributed by atoms with E-state index in [4.69, 9.17) is 14.3 Å². The van der Waals surface area contributed by atoms with Crippen molar-refractivity contribution in [2.24, 2.45) is 5.92 Å². The summed E-state index contributed by atoms with van der Waals surface area (Å²) in [5.41, 5.74) is 1.47. The maximum Gasteiger partial charge on any atom is 0.190 e. The number of aromatic hydroxyl groups is 1. The lowest BCUT2D eigenvalue weighted by Crippen LogP contribution is -2.38. The fourth-order valence-electron chi connectivity index (χ4n) is 5.31. The molecule has 1 aliphatic heterocycles. The van der Waals surface area contributed by atoms with E-state index in [9.17, 15) is 10.2 Å². The molecule has 0 amide bonds. The molecule has 2 N–H and O–H groups in total. The van der Waals surface area contributed by atoms with Crippen LogP contribution in [0.15, 0.2) is 66.7 Å². The van der Waals surface area contributed by atoms with E-state index >= 15 is 0 Å². The summed E-state index contributed by atoms with van der Waals surface area (Å²) in [5, 5.41) is 27.4.